The molecule has 0 aliphatic rings. The zero-order valence-corrected chi connectivity index (χ0v) is 13.6. The Balaban J connectivity index is 2.95. The van der Waals surface area contributed by atoms with E-state index in [-0.39, 0.29) is 17.7 Å². The number of halogens is 1. The predicted molar refractivity (Wildman–Crippen MR) is 83.3 cm³/mol. The molecule has 0 heterocycles. The van der Waals surface area contributed by atoms with Crippen molar-refractivity contribution in [3.05, 3.63) is 29.6 Å². The van der Waals surface area contributed by atoms with Gasteiger partial charge in [0.15, 0.2) is 0 Å². The van der Waals surface area contributed by atoms with E-state index in [0.29, 0.717) is 6.42 Å². The Labute approximate surface area is 133 Å². The minimum Gasteiger partial charge on any atom is -0.480 e. The summed E-state index contributed by atoms with van der Waals surface area (Å²) in [5.74, 6) is -2.72. The predicted octanol–water partition coefficient (Wildman–Crippen LogP) is 1.57. The Morgan fingerprint density at radius 1 is 1.35 bits per heavy atom. The number of rotatable bonds is 8. The van der Waals surface area contributed by atoms with Crippen molar-refractivity contribution in [3.63, 3.8) is 0 Å². The van der Waals surface area contributed by atoms with Gasteiger partial charge in [0.05, 0.1) is 11.9 Å². The van der Waals surface area contributed by atoms with Gasteiger partial charge in [-0.3, -0.25) is 9.52 Å². The number of hydrogen-bond acceptors (Lipinski definition) is 4. The average molecular weight is 346 g/mol. The van der Waals surface area contributed by atoms with Crippen LogP contribution >= 0.6 is 0 Å². The summed E-state index contributed by atoms with van der Waals surface area (Å²) in [5, 5.41) is 11.4. The van der Waals surface area contributed by atoms with Crippen molar-refractivity contribution in [3.8, 4) is 0 Å². The van der Waals surface area contributed by atoms with E-state index < -0.39 is 33.8 Å². The summed E-state index contributed by atoms with van der Waals surface area (Å²) < 4.78 is 37.9. The molecule has 128 valence electrons. The second-order valence-corrected chi connectivity index (χ2v) is 6.82. The molecule has 0 radical (unpaired) electrons. The molecule has 0 bridgehead atoms. The number of aliphatic carboxylic acids is 1. The quantitative estimate of drug-likeness (QED) is 0.661. The molecule has 1 unspecified atom stereocenters. The molecule has 0 saturated heterocycles. The summed E-state index contributed by atoms with van der Waals surface area (Å²) in [5.41, 5.74) is -0.416. The fourth-order valence-corrected chi connectivity index (χ4v) is 2.41. The molecular weight excluding hydrogens is 327 g/mol. The molecule has 0 aliphatic carbocycles. The van der Waals surface area contributed by atoms with E-state index in [1.807, 2.05) is 11.6 Å². The second-order valence-electron chi connectivity index (χ2n) is 5.08. The first-order valence-corrected chi connectivity index (χ1v) is 8.84. The van der Waals surface area contributed by atoms with Gasteiger partial charge in [0.1, 0.15) is 11.9 Å². The monoisotopic (exact) mass is 346 g/mol. The van der Waals surface area contributed by atoms with Crippen molar-refractivity contribution in [1.29, 1.82) is 0 Å². The van der Waals surface area contributed by atoms with Crippen molar-refractivity contribution < 1.29 is 27.5 Å². The van der Waals surface area contributed by atoms with Gasteiger partial charge in [-0.15, -0.1) is 0 Å². The van der Waals surface area contributed by atoms with E-state index >= 15 is 0 Å². The van der Waals surface area contributed by atoms with Gasteiger partial charge in [-0.05, 0) is 24.6 Å². The van der Waals surface area contributed by atoms with E-state index in [1.165, 1.54) is 0 Å². The third-order valence-electron chi connectivity index (χ3n) is 2.97. The first kappa shape index (κ1) is 18.9. The van der Waals surface area contributed by atoms with Gasteiger partial charge >= 0.3 is 5.97 Å². The molecule has 3 N–H and O–H groups in total. The number of unbranched alkanes of at least 4 members (excludes halogenated alkanes) is 1. The van der Waals surface area contributed by atoms with Crippen LogP contribution < -0.4 is 10.0 Å². The first-order valence-electron chi connectivity index (χ1n) is 6.95. The van der Waals surface area contributed by atoms with Crippen molar-refractivity contribution in [2.45, 2.75) is 32.2 Å². The summed E-state index contributed by atoms with van der Waals surface area (Å²) in [6.45, 7) is 1.89. The SMILES string of the molecule is CCCCC(NC(=O)c1ccc(F)c(NS(C)(=O)=O)c1)C(=O)O. The lowest BCUT2D eigenvalue weighted by molar-refractivity contribution is -0.139. The highest BCUT2D eigenvalue weighted by atomic mass is 32.2. The number of nitrogens with one attached hydrogen (secondary N) is 2. The van der Waals surface area contributed by atoms with Crippen LogP contribution in [0.15, 0.2) is 18.2 Å². The van der Waals surface area contributed by atoms with Crippen LogP contribution in [0.4, 0.5) is 10.1 Å². The lowest BCUT2D eigenvalue weighted by Crippen LogP contribution is -2.40. The summed E-state index contributed by atoms with van der Waals surface area (Å²) in [6.07, 6.45) is 2.53. The minimum atomic E-state index is -3.71. The van der Waals surface area contributed by atoms with Crippen LogP contribution in [0.1, 0.15) is 36.5 Å². The Morgan fingerprint density at radius 2 is 2.00 bits per heavy atom. The highest BCUT2D eigenvalue weighted by Crippen LogP contribution is 2.17. The lowest BCUT2D eigenvalue weighted by atomic mass is 10.1. The smallest absolute Gasteiger partial charge is 0.326 e. The number of carbonyl (C=O) groups excluding carboxylic acids is 1. The van der Waals surface area contributed by atoms with Gasteiger partial charge < -0.3 is 10.4 Å². The first-order chi connectivity index (χ1) is 10.6. The summed E-state index contributed by atoms with van der Waals surface area (Å²) in [6, 6.07) is 2.05. The van der Waals surface area contributed by atoms with Crippen LogP contribution in [0.25, 0.3) is 0 Å². The molecule has 9 heteroatoms. The fourth-order valence-electron chi connectivity index (χ4n) is 1.85. The molecule has 1 rings (SSSR count). The van der Waals surface area contributed by atoms with E-state index in [4.69, 9.17) is 5.11 Å². The van der Waals surface area contributed by atoms with Crippen molar-refractivity contribution in [1.82, 2.24) is 5.32 Å². The van der Waals surface area contributed by atoms with E-state index in [1.54, 1.807) is 0 Å². The molecule has 0 aromatic heterocycles. The van der Waals surface area contributed by atoms with Crippen molar-refractivity contribution in [2.75, 3.05) is 11.0 Å². The highest BCUT2D eigenvalue weighted by molar-refractivity contribution is 7.92. The maximum atomic E-state index is 13.6. The van der Waals surface area contributed by atoms with Crippen molar-refractivity contribution >= 4 is 27.6 Å². The van der Waals surface area contributed by atoms with Gasteiger partial charge in [0, 0.05) is 5.56 Å². The standard InChI is InChI=1S/C14H19FN2O5S/c1-3-4-5-11(14(19)20)16-13(18)9-6-7-10(15)12(8-9)17-23(2,21)22/h6-8,11,17H,3-5H2,1-2H3,(H,16,18)(H,19,20). The second kappa shape index (κ2) is 7.91. The topological polar surface area (TPSA) is 113 Å². The normalized spacial score (nSPS) is 12.5. The number of carboxylic acid groups (broad SMARTS) is 1. The van der Waals surface area contributed by atoms with Crippen LogP contribution in [-0.4, -0.2) is 37.7 Å². The molecule has 0 spiro atoms. The number of benzene rings is 1. The summed E-state index contributed by atoms with van der Waals surface area (Å²) >= 11 is 0. The third kappa shape index (κ3) is 6.23. The molecule has 7 nitrogen and oxygen atoms in total. The Morgan fingerprint density at radius 3 is 2.52 bits per heavy atom. The zero-order chi connectivity index (χ0) is 17.6. The van der Waals surface area contributed by atoms with Crippen LogP contribution in [0.2, 0.25) is 0 Å². The van der Waals surface area contributed by atoms with Gasteiger partial charge in [-0.2, -0.15) is 0 Å². The number of carboxylic acids is 1. The zero-order valence-electron chi connectivity index (χ0n) is 12.8. The van der Waals surface area contributed by atoms with E-state index in [2.05, 4.69) is 5.32 Å². The summed E-state index contributed by atoms with van der Waals surface area (Å²) in [7, 11) is -3.71. The molecule has 0 aliphatic heterocycles. The van der Waals surface area contributed by atoms with Gasteiger partial charge in [-0.25, -0.2) is 17.6 Å². The highest BCUT2D eigenvalue weighted by Gasteiger charge is 2.21. The lowest BCUT2D eigenvalue weighted by Gasteiger charge is -2.14. The molecule has 23 heavy (non-hydrogen) atoms. The Bertz CT molecular complexity index is 690. The number of amides is 1. The van der Waals surface area contributed by atoms with Crippen molar-refractivity contribution in [2.24, 2.45) is 0 Å². The molecular formula is C14H19FN2O5S. The van der Waals surface area contributed by atoms with Gasteiger partial charge in [0.2, 0.25) is 10.0 Å². The average Bonchev–Trinajstić information content (AvgIpc) is 2.43. The molecule has 1 amide bonds. The number of hydrogen-bond donors (Lipinski definition) is 3. The molecule has 1 aromatic rings. The largest absolute Gasteiger partial charge is 0.480 e. The number of sulfonamides is 1. The number of carbonyl (C=O) groups is 2. The maximum Gasteiger partial charge on any atom is 0.326 e. The summed E-state index contributed by atoms with van der Waals surface area (Å²) in [4.78, 5) is 23.2. The van der Waals surface area contributed by atoms with Gasteiger partial charge in [-0.1, -0.05) is 19.8 Å². The minimum absolute atomic E-state index is 0.0414. The fraction of sp³-hybridized carbons (Fsp3) is 0.429. The van der Waals surface area contributed by atoms with Crippen LogP contribution in [-0.2, 0) is 14.8 Å². The van der Waals surface area contributed by atoms with Crippen LogP contribution in [0, 0.1) is 5.82 Å². The molecule has 0 saturated carbocycles. The third-order valence-corrected chi connectivity index (χ3v) is 3.56. The van der Waals surface area contributed by atoms with Crippen LogP contribution in [0.3, 0.4) is 0 Å². The Hall–Kier alpha value is -2.16. The van der Waals surface area contributed by atoms with E-state index in [9.17, 15) is 22.4 Å². The van der Waals surface area contributed by atoms with Gasteiger partial charge in [0.25, 0.3) is 5.91 Å². The van der Waals surface area contributed by atoms with Crippen LogP contribution in [0.5, 0.6) is 0 Å². The number of anilines is 1. The van der Waals surface area contributed by atoms with E-state index in [0.717, 1.165) is 30.9 Å². The Kier molecular flexibility index (Phi) is 6.49. The maximum absolute atomic E-state index is 13.6. The molecule has 1 aromatic carbocycles. The molecule has 0 fully saturated rings. The molecule has 1 atom stereocenters.